The number of nitrogens with one attached hydrogen (secondary N) is 1. The molecule has 9 heteroatoms. The summed E-state index contributed by atoms with van der Waals surface area (Å²) in [5.41, 5.74) is -1.11. The first kappa shape index (κ1) is 13.5. The van der Waals surface area contributed by atoms with Crippen LogP contribution < -0.4 is 11.1 Å². The number of nitrogen functional groups attached to an aromatic ring is 1. The molecule has 104 valence electrons. The van der Waals surface area contributed by atoms with Crippen molar-refractivity contribution < 1.29 is 31.1 Å². The van der Waals surface area contributed by atoms with Gasteiger partial charge in [-0.2, -0.15) is 26.3 Å². The van der Waals surface area contributed by atoms with Crippen molar-refractivity contribution in [3.63, 3.8) is 0 Å². The van der Waals surface area contributed by atoms with Gasteiger partial charge >= 0.3 is 12.4 Å². The fourth-order valence-corrected chi connectivity index (χ4v) is 2.05. The summed E-state index contributed by atoms with van der Waals surface area (Å²) in [6.07, 6.45) is -11.6. The van der Waals surface area contributed by atoms with E-state index in [1.165, 1.54) is 0 Å². The Morgan fingerprint density at radius 3 is 2.05 bits per heavy atom. The monoisotopic (exact) mass is 284 g/mol. The van der Waals surface area contributed by atoms with Crippen LogP contribution in [0.2, 0.25) is 0 Å². The smallest absolute Gasteiger partial charge is 0.399 e. The van der Waals surface area contributed by atoms with Crippen LogP contribution in [-0.2, 0) is 10.2 Å². The zero-order chi connectivity index (χ0) is 14.6. The van der Waals surface area contributed by atoms with Gasteiger partial charge < -0.3 is 11.1 Å². The van der Waals surface area contributed by atoms with Gasteiger partial charge in [0.15, 0.2) is 0 Å². The standard InChI is InChI=1S/C10H6F6N2O/c11-9(12,13)8(10(14,15)16)5-2-1-4(17)3-6(5)18-7(8)19/h1-3H,17H2,(H,18,19). The first-order chi connectivity index (χ1) is 8.51. The van der Waals surface area contributed by atoms with Crippen molar-refractivity contribution in [2.45, 2.75) is 17.8 Å². The van der Waals surface area contributed by atoms with E-state index in [-0.39, 0.29) is 5.69 Å². The highest BCUT2D eigenvalue weighted by Crippen LogP contribution is 2.57. The van der Waals surface area contributed by atoms with Crippen LogP contribution in [0.15, 0.2) is 18.2 Å². The number of nitrogens with two attached hydrogens (primary N) is 1. The van der Waals surface area contributed by atoms with E-state index in [1.54, 1.807) is 5.32 Å². The number of halogens is 6. The highest BCUT2D eigenvalue weighted by molar-refractivity contribution is 6.08. The molecule has 0 spiro atoms. The van der Waals surface area contributed by atoms with Crippen molar-refractivity contribution in [1.29, 1.82) is 0 Å². The minimum Gasteiger partial charge on any atom is -0.399 e. The van der Waals surface area contributed by atoms with Crippen molar-refractivity contribution >= 4 is 17.3 Å². The molecule has 0 radical (unpaired) electrons. The van der Waals surface area contributed by atoms with Gasteiger partial charge in [0.1, 0.15) is 0 Å². The van der Waals surface area contributed by atoms with Crippen LogP contribution in [-0.4, -0.2) is 18.3 Å². The predicted octanol–water partition coefficient (Wildman–Crippen LogP) is 2.58. The van der Waals surface area contributed by atoms with E-state index in [0.29, 0.717) is 6.07 Å². The van der Waals surface area contributed by atoms with Gasteiger partial charge in [-0.1, -0.05) is 6.07 Å². The van der Waals surface area contributed by atoms with Gasteiger partial charge in [0.2, 0.25) is 0 Å². The lowest BCUT2D eigenvalue weighted by Gasteiger charge is -2.31. The summed E-state index contributed by atoms with van der Waals surface area (Å²) in [6.45, 7) is 0. The fraction of sp³-hybridized carbons (Fsp3) is 0.300. The molecule has 3 N–H and O–H groups in total. The molecular weight excluding hydrogens is 278 g/mol. The SMILES string of the molecule is Nc1ccc2c(c1)NC(=O)C2(C(F)(F)F)C(F)(F)F. The Hall–Kier alpha value is -1.93. The number of carbonyl (C=O) groups is 1. The number of carbonyl (C=O) groups excluding carboxylic acids is 1. The second-order valence-electron chi connectivity index (χ2n) is 4.00. The Bertz CT molecular complexity index is 534. The Kier molecular flexibility index (Phi) is 2.52. The largest absolute Gasteiger partial charge is 0.416 e. The molecule has 1 aliphatic rings. The first-order valence-electron chi connectivity index (χ1n) is 4.86. The Morgan fingerprint density at radius 2 is 1.58 bits per heavy atom. The van der Waals surface area contributed by atoms with Crippen molar-refractivity contribution in [1.82, 2.24) is 0 Å². The van der Waals surface area contributed by atoms with E-state index in [2.05, 4.69) is 0 Å². The van der Waals surface area contributed by atoms with Gasteiger partial charge in [0, 0.05) is 16.9 Å². The molecule has 3 nitrogen and oxygen atoms in total. The van der Waals surface area contributed by atoms with Gasteiger partial charge in [-0.3, -0.25) is 4.79 Å². The van der Waals surface area contributed by atoms with E-state index in [4.69, 9.17) is 5.73 Å². The Balaban J connectivity index is 2.81. The molecule has 0 saturated heterocycles. The van der Waals surface area contributed by atoms with Crippen molar-refractivity contribution in [2.24, 2.45) is 0 Å². The molecule has 0 fully saturated rings. The second-order valence-corrected chi connectivity index (χ2v) is 4.00. The molecular formula is C10H6F6N2O. The minimum absolute atomic E-state index is 0.0563. The number of anilines is 2. The number of hydrogen-bond acceptors (Lipinski definition) is 2. The molecule has 0 unspecified atom stereocenters. The number of amides is 1. The van der Waals surface area contributed by atoms with Crippen LogP contribution in [0.4, 0.5) is 37.7 Å². The highest BCUT2D eigenvalue weighted by Gasteiger charge is 2.78. The molecule has 0 atom stereocenters. The van der Waals surface area contributed by atoms with Crippen molar-refractivity contribution in [3.05, 3.63) is 23.8 Å². The van der Waals surface area contributed by atoms with Crippen LogP contribution >= 0.6 is 0 Å². The minimum atomic E-state index is -5.81. The van der Waals surface area contributed by atoms with Crippen LogP contribution in [0.1, 0.15) is 5.56 Å². The molecule has 1 amide bonds. The van der Waals surface area contributed by atoms with Gasteiger partial charge in [-0.25, -0.2) is 0 Å². The number of alkyl halides is 6. The van der Waals surface area contributed by atoms with Crippen LogP contribution in [0.25, 0.3) is 0 Å². The third-order valence-electron chi connectivity index (χ3n) is 2.89. The van der Waals surface area contributed by atoms with Gasteiger partial charge in [0.05, 0.1) is 0 Å². The number of rotatable bonds is 0. The van der Waals surface area contributed by atoms with Crippen molar-refractivity contribution in [2.75, 3.05) is 11.1 Å². The molecule has 2 rings (SSSR count). The van der Waals surface area contributed by atoms with Gasteiger partial charge in [-0.05, 0) is 12.1 Å². The zero-order valence-electron chi connectivity index (χ0n) is 8.99. The molecule has 1 aliphatic heterocycles. The Morgan fingerprint density at radius 1 is 1.05 bits per heavy atom. The van der Waals surface area contributed by atoms with E-state index in [0.717, 1.165) is 12.1 Å². The fourth-order valence-electron chi connectivity index (χ4n) is 2.05. The lowest BCUT2D eigenvalue weighted by Crippen LogP contribution is -2.58. The molecule has 0 aromatic heterocycles. The summed E-state index contributed by atoms with van der Waals surface area (Å²) >= 11 is 0. The topological polar surface area (TPSA) is 55.1 Å². The maximum atomic E-state index is 12.9. The van der Waals surface area contributed by atoms with Crippen LogP contribution in [0.5, 0.6) is 0 Å². The lowest BCUT2D eigenvalue weighted by molar-refractivity contribution is -0.288. The predicted molar refractivity (Wildman–Crippen MR) is 53.3 cm³/mol. The summed E-state index contributed by atoms with van der Waals surface area (Å²) in [7, 11) is 0. The van der Waals surface area contributed by atoms with E-state index in [1.807, 2.05) is 0 Å². The normalized spacial score (nSPS) is 18.1. The summed E-state index contributed by atoms with van der Waals surface area (Å²) in [4.78, 5) is 11.4. The third-order valence-corrected chi connectivity index (χ3v) is 2.89. The average Bonchev–Trinajstić information content (AvgIpc) is 2.47. The summed E-state index contributed by atoms with van der Waals surface area (Å²) in [5.74, 6) is -2.17. The average molecular weight is 284 g/mol. The molecule has 1 aromatic carbocycles. The van der Waals surface area contributed by atoms with Crippen molar-refractivity contribution in [3.8, 4) is 0 Å². The Labute approximate surface area is 102 Å². The third kappa shape index (κ3) is 1.57. The number of benzene rings is 1. The maximum absolute atomic E-state index is 12.9. The summed E-state index contributed by atoms with van der Waals surface area (Å²) < 4.78 is 77.6. The van der Waals surface area contributed by atoms with E-state index >= 15 is 0 Å². The number of hydrogen-bond donors (Lipinski definition) is 2. The molecule has 1 heterocycles. The highest BCUT2D eigenvalue weighted by atomic mass is 19.4. The molecule has 1 aromatic rings. The first-order valence-corrected chi connectivity index (χ1v) is 4.86. The number of fused-ring (bicyclic) bond motifs is 1. The molecule has 19 heavy (non-hydrogen) atoms. The molecule has 0 bridgehead atoms. The summed E-state index contributed by atoms with van der Waals surface area (Å²) in [6, 6.07) is 2.29. The molecule has 0 saturated carbocycles. The lowest BCUT2D eigenvalue weighted by atomic mass is 9.80. The zero-order valence-corrected chi connectivity index (χ0v) is 8.99. The maximum Gasteiger partial charge on any atom is 0.416 e. The van der Waals surface area contributed by atoms with Gasteiger partial charge in [-0.15, -0.1) is 0 Å². The van der Waals surface area contributed by atoms with E-state index in [9.17, 15) is 31.1 Å². The van der Waals surface area contributed by atoms with Crippen LogP contribution in [0.3, 0.4) is 0 Å². The van der Waals surface area contributed by atoms with Gasteiger partial charge in [0.25, 0.3) is 11.3 Å². The van der Waals surface area contributed by atoms with Crippen LogP contribution in [0, 0.1) is 0 Å². The van der Waals surface area contributed by atoms with E-state index < -0.39 is 34.9 Å². The second kappa shape index (κ2) is 3.55. The molecule has 0 aliphatic carbocycles. The quantitative estimate of drug-likeness (QED) is 0.568. The summed E-state index contributed by atoms with van der Waals surface area (Å²) in [5, 5.41) is 1.58.